The summed E-state index contributed by atoms with van der Waals surface area (Å²) in [6, 6.07) is 4.96. The van der Waals surface area contributed by atoms with Crippen LogP contribution < -0.4 is 10.2 Å². The molecule has 0 radical (unpaired) electrons. The molecule has 1 N–H and O–H groups in total. The van der Waals surface area contributed by atoms with Crippen molar-refractivity contribution in [3.05, 3.63) is 40.8 Å². The van der Waals surface area contributed by atoms with Crippen molar-refractivity contribution in [2.24, 2.45) is 5.41 Å². The predicted molar refractivity (Wildman–Crippen MR) is 136 cm³/mol. The second-order valence-corrected chi connectivity index (χ2v) is 11.0. The molecule has 0 unspecified atom stereocenters. The van der Waals surface area contributed by atoms with E-state index < -0.39 is 6.04 Å². The molecule has 1 saturated carbocycles. The third-order valence-corrected chi connectivity index (χ3v) is 8.12. The molecule has 2 saturated heterocycles. The monoisotopic (exact) mass is 551 g/mol. The Kier molecular flexibility index (Phi) is 5.36. The number of hydrogen-bond acceptors (Lipinski definition) is 6. The lowest BCUT2D eigenvalue weighted by atomic mass is 10.0. The number of anilines is 2. The van der Waals surface area contributed by atoms with Crippen LogP contribution in [0.25, 0.3) is 10.9 Å². The van der Waals surface area contributed by atoms with Gasteiger partial charge in [0.2, 0.25) is 17.7 Å². The predicted octanol–water partition coefficient (Wildman–Crippen LogP) is 3.04. The normalized spacial score (nSPS) is 24.9. The molecule has 11 heteroatoms. The summed E-state index contributed by atoms with van der Waals surface area (Å²) in [5.41, 5.74) is 1.48. The van der Waals surface area contributed by atoms with Gasteiger partial charge in [0.25, 0.3) is 0 Å². The Bertz CT molecular complexity index is 1420. The highest BCUT2D eigenvalue weighted by Crippen LogP contribution is 2.59. The van der Waals surface area contributed by atoms with E-state index in [9.17, 15) is 14.4 Å². The van der Waals surface area contributed by atoms with Crippen LogP contribution >= 0.6 is 15.9 Å². The van der Waals surface area contributed by atoms with Gasteiger partial charge in [-0.3, -0.25) is 28.9 Å². The first kappa shape index (κ1) is 23.1. The number of piperidine rings is 1. The van der Waals surface area contributed by atoms with Crippen molar-refractivity contribution in [3.8, 4) is 0 Å². The van der Waals surface area contributed by atoms with Crippen molar-refractivity contribution < 1.29 is 14.4 Å². The maximum atomic E-state index is 13.7. The minimum atomic E-state index is -0.582. The Balaban J connectivity index is 1.27. The molecule has 3 fully saturated rings. The minimum absolute atomic E-state index is 0.0249. The van der Waals surface area contributed by atoms with Crippen molar-refractivity contribution in [2.75, 3.05) is 16.8 Å². The lowest BCUT2D eigenvalue weighted by molar-refractivity contribution is -0.138. The zero-order valence-electron chi connectivity index (χ0n) is 20.1. The van der Waals surface area contributed by atoms with E-state index in [4.69, 9.17) is 0 Å². The Labute approximate surface area is 216 Å². The topological polar surface area (TPSA) is 113 Å². The summed E-state index contributed by atoms with van der Waals surface area (Å²) in [4.78, 5) is 51.4. The number of likely N-dealkylation sites (tertiary alicyclic amines) is 1. The molecule has 10 nitrogen and oxygen atoms in total. The number of carbonyl (C=O) groups excluding carboxylic acids is 3. The molecule has 1 aliphatic carbocycles. The molecule has 6 rings (SSSR count). The van der Waals surface area contributed by atoms with E-state index in [0.29, 0.717) is 41.1 Å². The summed E-state index contributed by atoms with van der Waals surface area (Å²) >= 11 is 3.35. The number of fused-ring (bicyclic) bond motifs is 2. The molecule has 0 bridgehead atoms. The zero-order chi connectivity index (χ0) is 25.2. The van der Waals surface area contributed by atoms with Gasteiger partial charge in [0.15, 0.2) is 5.82 Å². The quantitative estimate of drug-likeness (QED) is 0.487. The standard InChI is InChI=1S/C25H26BrN7O3/c1-14-5-6-19(26)28-22(14)29-24(36)16-10-25(2)11-18(25)33(16)21(35)13-32-17-12-27-8-7-15(17)23(30-32)31-9-3-4-20(31)34/h5-8,12,16,18H,3-4,9-11,13H2,1-2H3,(H,28,29,36)/t16-,18+,25-/m0/s1. The van der Waals surface area contributed by atoms with Crippen LogP contribution in [0.3, 0.4) is 0 Å². The number of aromatic nitrogens is 4. The summed E-state index contributed by atoms with van der Waals surface area (Å²) in [6.45, 7) is 4.58. The van der Waals surface area contributed by atoms with E-state index in [1.165, 1.54) is 0 Å². The van der Waals surface area contributed by atoms with Gasteiger partial charge in [0.1, 0.15) is 23.0 Å². The number of rotatable bonds is 5. The van der Waals surface area contributed by atoms with E-state index >= 15 is 0 Å². The molecule has 3 aromatic rings. The van der Waals surface area contributed by atoms with Crippen LogP contribution in [0.2, 0.25) is 0 Å². The van der Waals surface area contributed by atoms with Crippen molar-refractivity contribution in [1.82, 2.24) is 24.6 Å². The maximum Gasteiger partial charge on any atom is 0.248 e. The van der Waals surface area contributed by atoms with E-state index in [1.807, 2.05) is 25.1 Å². The third-order valence-electron chi connectivity index (χ3n) is 7.68. The molecule has 3 atom stereocenters. The van der Waals surface area contributed by atoms with Gasteiger partial charge in [-0.25, -0.2) is 4.98 Å². The fraction of sp³-hybridized carbons (Fsp3) is 0.440. The number of halogens is 1. The minimum Gasteiger partial charge on any atom is -0.325 e. The number of amides is 3. The molecular formula is C25H26BrN7O3. The van der Waals surface area contributed by atoms with Crippen LogP contribution in [0, 0.1) is 12.3 Å². The number of hydrogen-bond donors (Lipinski definition) is 1. The molecule has 186 valence electrons. The largest absolute Gasteiger partial charge is 0.325 e. The number of pyridine rings is 2. The molecule has 2 aliphatic heterocycles. The molecular weight excluding hydrogens is 526 g/mol. The second-order valence-electron chi connectivity index (χ2n) is 10.2. The van der Waals surface area contributed by atoms with Crippen molar-refractivity contribution in [3.63, 3.8) is 0 Å². The Hall–Kier alpha value is -3.34. The smallest absolute Gasteiger partial charge is 0.248 e. The van der Waals surface area contributed by atoms with E-state index in [2.05, 4.69) is 43.2 Å². The van der Waals surface area contributed by atoms with E-state index in [1.54, 1.807) is 26.9 Å². The van der Waals surface area contributed by atoms with Crippen LogP contribution in [0.15, 0.2) is 35.2 Å². The van der Waals surface area contributed by atoms with Crippen LogP contribution in [0.4, 0.5) is 11.6 Å². The van der Waals surface area contributed by atoms with Crippen molar-refractivity contribution in [1.29, 1.82) is 0 Å². The number of aryl methyl sites for hydroxylation is 1. The average molecular weight is 552 g/mol. The fourth-order valence-electron chi connectivity index (χ4n) is 5.60. The van der Waals surface area contributed by atoms with Gasteiger partial charge in [-0.2, -0.15) is 5.10 Å². The third kappa shape index (κ3) is 3.76. The molecule has 36 heavy (non-hydrogen) atoms. The Morgan fingerprint density at radius 2 is 2.08 bits per heavy atom. The Morgan fingerprint density at radius 3 is 2.86 bits per heavy atom. The summed E-state index contributed by atoms with van der Waals surface area (Å²) in [6.07, 6.45) is 6.10. The summed E-state index contributed by atoms with van der Waals surface area (Å²) in [7, 11) is 0. The summed E-state index contributed by atoms with van der Waals surface area (Å²) in [5, 5.41) is 8.38. The highest BCUT2D eigenvalue weighted by Gasteiger charge is 2.64. The highest BCUT2D eigenvalue weighted by molar-refractivity contribution is 9.10. The second kappa shape index (κ2) is 8.36. The van der Waals surface area contributed by atoms with Gasteiger partial charge in [0.05, 0.1) is 11.7 Å². The van der Waals surface area contributed by atoms with Gasteiger partial charge in [-0.15, -0.1) is 0 Å². The Morgan fingerprint density at radius 1 is 1.25 bits per heavy atom. The average Bonchev–Trinajstić information content (AvgIpc) is 3.15. The fourth-order valence-corrected chi connectivity index (χ4v) is 5.91. The number of carbonyl (C=O) groups is 3. The van der Waals surface area contributed by atoms with Crippen LogP contribution in [0.1, 0.15) is 38.2 Å². The number of nitrogens with one attached hydrogen (secondary N) is 1. The van der Waals surface area contributed by atoms with Crippen LogP contribution in [-0.2, 0) is 20.9 Å². The maximum absolute atomic E-state index is 13.7. The first-order valence-corrected chi connectivity index (χ1v) is 12.9. The van der Waals surface area contributed by atoms with Crippen LogP contribution in [-0.4, -0.2) is 61.0 Å². The van der Waals surface area contributed by atoms with Gasteiger partial charge in [-0.05, 0) is 65.2 Å². The molecule has 0 aromatic carbocycles. The highest BCUT2D eigenvalue weighted by atomic mass is 79.9. The van der Waals surface area contributed by atoms with E-state index in [0.717, 1.165) is 23.8 Å². The molecule has 3 aromatic heterocycles. The van der Waals surface area contributed by atoms with E-state index in [-0.39, 0.29) is 35.7 Å². The SMILES string of the molecule is Cc1ccc(Br)nc1NC(=O)[C@@H]1C[C@@]2(C)C[C@H]2N1C(=O)Cn1nc(N2CCCC2=O)c2ccncc21. The van der Waals surface area contributed by atoms with Crippen LogP contribution in [0.5, 0.6) is 0 Å². The first-order chi connectivity index (χ1) is 17.2. The zero-order valence-corrected chi connectivity index (χ0v) is 21.7. The van der Waals surface area contributed by atoms with Gasteiger partial charge in [-0.1, -0.05) is 13.0 Å². The van der Waals surface area contributed by atoms with Gasteiger partial charge in [0, 0.05) is 30.6 Å². The lowest BCUT2D eigenvalue weighted by Crippen LogP contribution is -2.47. The van der Waals surface area contributed by atoms with Crippen molar-refractivity contribution in [2.45, 2.75) is 58.2 Å². The molecule has 3 amide bonds. The number of nitrogens with zero attached hydrogens (tertiary/aromatic N) is 6. The summed E-state index contributed by atoms with van der Waals surface area (Å²) < 4.78 is 2.24. The first-order valence-electron chi connectivity index (χ1n) is 12.1. The molecule has 5 heterocycles. The molecule has 0 spiro atoms. The van der Waals surface area contributed by atoms with Gasteiger partial charge >= 0.3 is 0 Å². The summed E-state index contributed by atoms with van der Waals surface area (Å²) in [5.74, 6) is 0.669. The molecule has 3 aliphatic rings. The van der Waals surface area contributed by atoms with Gasteiger partial charge < -0.3 is 10.2 Å². The van der Waals surface area contributed by atoms with Crippen molar-refractivity contribution >= 4 is 56.2 Å². The lowest BCUT2D eigenvalue weighted by Gasteiger charge is -2.27.